The zero-order chi connectivity index (χ0) is 12.3. The molecule has 0 saturated heterocycles. The lowest BCUT2D eigenvalue weighted by Gasteiger charge is -1.99. The number of carbonyl (C=O) groups excluding carboxylic acids is 2. The van der Waals surface area contributed by atoms with Crippen molar-refractivity contribution in [2.75, 3.05) is 7.11 Å². The summed E-state index contributed by atoms with van der Waals surface area (Å²) in [6.45, 7) is 0. The Labute approximate surface area is 97.9 Å². The third kappa shape index (κ3) is 2.10. The van der Waals surface area contributed by atoms with E-state index in [1.165, 1.54) is 13.2 Å². The van der Waals surface area contributed by atoms with Gasteiger partial charge in [-0.3, -0.25) is 4.79 Å². The van der Waals surface area contributed by atoms with Crippen LogP contribution < -0.4 is 0 Å². The number of carbonyl (C=O) groups is 2. The molecule has 4 nitrogen and oxygen atoms in total. The van der Waals surface area contributed by atoms with Gasteiger partial charge in [-0.1, -0.05) is 6.07 Å². The highest BCUT2D eigenvalue weighted by atomic mass is 16.5. The minimum atomic E-state index is -0.369. The topological polar surface area (TPSA) is 59.2 Å². The molecule has 4 heteroatoms. The number of methoxy groups -OCH3 is 1. The van der Waals surface area contributed by atoms with Crippen LogP contribution in [0.3, 0.4) is 0 Å². The summed E-state index contributed by atoms with van der Waals surface area (Å²) < 4.78 is 4.64. The van der Waals surface area contributed by atoms with Crippen molar-refractivity contribution < 1.29 is 14.3 Å². The number of esters is 1. The van der Waals surface area contributed by atoms with E-state index in [0.717, 1.165) is 22.8 Å². The summed E-state index contributed by atoms with van der Waals surface area (Å²) >= 11 is 0. The number of fused-ring (bicyclic) bond motifs is 1. The first-order valence-corrected chi connectivity index (χ1v) is 5.07. The summed E-state index contributed by atoms with van der Waals surface area (Å²) in [5.41, 5.74) is 2.23. The first-order chi connectivity index (χ1) is 8.26. The standard InChI is InChI=1S/C13H11NO3/c1-17-13(16)9-4-5-11-10(3-2-6-15)8-14-12(11)7-9/h2-8,14H,1H3. The van der Waals surface area contributed by atoms with Crippen LogP contribution in [0.4, 0.5) is 0 Å². The number of H-pyrrole nitrogens is 1. The number of hydrogen-bond donors (Lipinski definition) is 1. The van der Waals surface area contributed by atoms with Crippen LogP contribution in [0.1, 0.15) is 15.9 Å². The van der Waals surface area contributed by atoms with Crippen LogP contribution in [0.15, 0.2) is 30.5 Å². The number of nitrogens with one attached hydrogen (secondary N) is 1. The summed E-state index contributed by atoms with van der Waals surface area (Å²) in [7, 11) is 1.35. The second kappa shape index (κ2) is 4.65. The fraction of sp³-hybridized carbons (Fsp3) is 0.0769. The number of ether oxygens (including phenoxy) is 1. The minimum absolute atomic E-state index is 0.369. The molecule has 0 radical (unpaired) electrons. The van der Waals surface area contributed by atoms with E-state index in [0.29, 0.717) is 5.56 Å². The molecule has 0 aliphatic heterocycles. The molecule has 0 amide bonds. The SMILES string of the molecule is COC(=O)c1ccc2c(C=CC=O)c[nH]c2c1. The summed E-state index contributed by atoms with van der Waals surface area (Å²) in [6.07, 6.45) is 5.65. The molecule has 0 unspecified atom stereocenters. The Morgan fingerprint density at radius 3 is 2.94 bits per heavy atom. The van der Waals surface area contributed by atoms with Crippen molar-refractivity contribution in [2.45, 2.75) is 0 Å². The van der Waals surface area contributed by atoms with Gasteiger partial charge < -0.3 is 9.72 Å². The molecule has 0 aliphatic carbocycles. The van der Waals surface area contributed by atoms with Crippen LogP contribution >= 0.6 is 0 Å². The maximum absolute atomic E-state index is 11.3. The molecule has 2 rings (SSSR count). The molecule has 1 heterocycles. The van der Waals surface area contributed by atoms with E-state index >= 15 is 0 Å². The van der Waals surface area contributed by atoms with Crippen LogP contribution in [0.5, 0.6) is 0 Å². The van der Waals surface area contributed by atoms with Crippen molar-refractivity contribution in [3.8, 4) is 0 Å². The van der Waals surface area contributed by atoms with Crippen molar-refractivity contribution in [3.63, 3.8) is 0 Å². The second-order valence-corrected chi connectivity index (χ2v) is 3.49. The van der Waals surface area contributed by atoms with E-state index in [4.69, 9.17) is 0 Å². The Kier molecular flexibility index (Phi) is 3.05. The largest absolute Gasteiger partial charge is 0.465 e. The predicted octanol–water partition coefficient (Wildman–Crippen LogP) is 2.17. The molecule has 0 spiro atoms. The molecule has 0 saturated carbocycles. The summed E-state index contributed by atoms with van der Waals surface area (Å²) in [5.74, 6) is -0.369. The van der Waals surface area contributed by atoms with E-state index in [1.54, 1.807) is 24.4 Å². The Hall–Kier alpha value is -2.36. The van der Waals surface area contributed by atoms with Crippen LogP contribution in [-0.2, 0) is 9.53 Å². The number of rotatable bonds is 3. The number of aldehydes is 1. The normalized spacial score (nSPS) is 10.9. The van der Waals surface area contributed by atoms with Gasteiger partial charge in [0.2, 0.25) is 0 Å². The molecule has 0 fully saturated rings. The van der Waals surface area contributed by atoms with Gasteiger partial charge in [0.1, 0.15) is 6.29 Å². The average molecular weight is 229 g/mol. The van der Waals surface area contributed by atoms with Gasteiger partial charge in [-0.2, -0.15) is 0 Å². The number of allylic oxidation sites excluding steroid dienone is 1. The monoisotopic (exact) mass is 229 g/mol. The second-order valence-electron chi connectivity index (χ2n) is 3.49. The molecule has 0 aliphatic rings. The Bertz CT molecular complexity index is 596. The fourth-order valence-corrected chi connectivity index (χ4v) is 1.67. The van der Waals surface area contributed by atoms with Crippen LogP contribution in [0, 0.1) is 0 Å². The summed E-state index contributed by atoms with van der Waals surface area (Å²) in [6, 6.07) is 5.24. The molecular formula is C13H11NO3. The Balaban J connectivity index is 2.48. The molecule has 86 valence electrons. The number of hydrogen-bond acceptors (Lipinski definition) is 3. The zero-order valence-corrected chi connectivity index (χ0v) is 9.27. The van der Waals surface area contributed by atoms with E-state index in [-0.39, 0.29) is 5.97 Å². The van der Waals surface area contributed by atoms with Crippen molar-refractivity contribution in [1.82, 2.24) is 4.98 Å². The van der Waals surface area contributed by atoms with Crippen LogP contribution in [-0.4, -0.2) is 24.3 Å². The lowest BCUT2D eigenvalue weighted by atomic mass is 10.1. The van der Waals surface area contributed by atoms with Gasteiger partial charge >= 0.3 is 5.97 Å². The van der Waals surface area contributed by atoms with Gasteiger partial charge in [0, 0.05) is 17.1 Å². The molecular weight excluding hydrogens is 218 g/mol. The Morgan fingerprint density at radius 1 is 1.41 bits per heavy atom. The van der Waals surface area contributed by atoms with Crippen molar-refractivity contribution >= 4 is 29.2 Å². The minimum Gasteiger partial charge on any atom is -0.465 e. The van der Waals surface area contributed by atoms with E-state index in [2.05, 4.69) is 9.72 Å². The summed E-state index contributed by atoms with van der Waals surface area (Å²) in [4.78, 5) is 24.6. The highest BCUT2D eigenvalue weighted by Crippen LogP contribution is 2.21. The Morgan fingerprint density at radius 2 is 2.24 bits per heavy atom. The van der Waals surface area contributed by atoms with Gasteiger partial charge in [0.05, 0.1) is 12.7 Å². The predicted molar refractivity (Wildman–Crippen MR) is 64.7 cm³/mol. The molecule has 17 heavy (non-hydrogen) atoms. The van der Waals surface area contributed by atoms with Crippen molar-refractivity contribution in [2.24, 2.45) is 0 Å². The van der Waals surface area contributed by atoms with Crippen molar-refractivity contribution in [1.29, 1.82) is 0 Å². The van der Waals surface area contributed by atoms with Crippen molar-refractivity contribution in [3.05, 3.63) is 41.6 Å². The van der Waals surface area contributed by atoms with E-state index in [1.807, 2.05) is 6.07 Å². The molecule has 1 N–H and O–H groups in total. The van der Waals surface area contributed by atoms with Gasteiger partial charge in [-0.25, -0.2) is 4.79 Å². The van der Waals surface area contributed by atoms with Crippen LogP contribution in [0.2, 0.25) is 0 Å². The first kappa shape index (κ1) is 11.1. The van der Waals surface area contributed by atoms with E-state index in [9.17, 15) is 9.59 Å². The van der Waals surface area contributed by atoms with E-state index < -0.39 is 0 Å². The van der Waals surface area contributed by atoms with Gasteiger partial charge in [0.25, 0.3) is 0 Å². The molecule has 1 aromatic heterocycles. The quantitative estimate of drug-likeness (QED) is 0.498. The third-order valence-corrected chi connectivity index (χ3v) is 2.49. The molecule has 0 bridgehead atoms. The zero-order valence-electron chi connectivity index (χ0n) is 9.27. The average Bonchev–Trinajstić information content (AvgIpc) is 2.77. The van der Waals surface area contributed by atoms with Crippen LogP contribution in [0.25, 0.3) is 17.0 Å². The molecule has 1 aromatic carbocycles. The number of aromatic nitrogens is 1. The maximum atomic E-state index is 11.3. The highest BCUT2D eigenvalue weighted by Gasteiger charge is 2.07. The lowest BCUT2D eigenvalue weighted by Crippen LogP contribution is -2.00. The number of benzene rings is 1. The van der Waals surface area contributed by atoms with Gasteiger partial charge in [-0.15, -0.1) is 0 Å². The first-order valence-electron chi connectivity index (χ1n) is 5.07. The summed E-state index contributed by atoms with van der Waals surface area (Å²) in [5, 5.41) is 0.954. The third-order valence-electron chi connectivity index (χ3n) is 2.49. The molecule has 0 atom stereocenters. The van der Waals surface area contributed by atoms with Gasteiger partial charge in [0.15, 0.2) is 0 Å². The fourth-order valence-electron chi connectivity index (χ4n) is 1.67. The maximum Gasteiger partial charge on any atom is 0.337 e. The number of aromatic amines is 1. The lowest BCUT2D eigenvalue weighted by molar-refractivity contribution is -0.104. The highest BCUT2D eigenvalue weighted by molar-refractivity contribution is 5.97. The molecule has 2 aromatic rings. The smallest absolute Gasteiger partial charge is 0.337 e. The van der Waals surface area contributed by atoms with Gasteiger partial charge in [-0.05, 0) is 29.8 Å².